The van der Waals surface area contributed by atoms with E-state index in [-0.39, 0.29) is 17.9 Å². The highest BCUT2D eigenvalue weighted by Gasteiger charge is 2.30. The number of amides is 2. The van der Waals surface area contributed by atoms with Gasteiger partial charge in [0.25, 0.3) is 0 Å². The molecule has 0 saturated carbocycles. The lowest BCUT2D eigenvalue weighted by atomic mass is 10.1. The molecule has 0 radical (unpaired) electrons. The molecule has 1 unspecified atom stereocenters. The van der Waals surface area contributed by atoms with E-state index in [0.29, 0.717) is 25.5 Å². The fourth-order valence-corrected chi connectivity index (χ4v) is 3.52. The second-order valence-electron chi connectivity index (χ2n) is 7.33. The van der Waals surface area contributed by atoms with Crippen molar-refractivity contribution in [2.45, 2.75) is 38.8 Å². The Balaban J connectivity index is 1.30. The zero-order chi connectivity index (χ0) is 20.2. The van der Waals surface area contributed by atoms with Crippen molar-refractivity contribution in [2.75, 3.05) is 11.9 Å². The van der Waals surface area contributed by atoms with Crippen molar-refractivity contribution in [1.29, 1.82) is 0 Å². The highest BCUT2D eigenvalue weighted by molar-refractivity contribution is 6.05. The van der Waals surface area contributed by atoms with E-state index in [1.54, 1.807) is 0 Å². The second kappa shape index (κ2) is 8.34. The maximum absolute atomic E-state index is 12.1. The Bertz CT molecular complexity index is 942. The third kappa shape index (κ3) is 4.56. The van der Waals surface area contributed by atoms with Crippen LogP contribution in [0.5, 0.6) is 5.75 Å². The lowest BCUT2D eigenvalue weighted by molar-refractivity contribution is -0.118. The lowest BCUT2D eigenvalue weighted by Gasteiger charge is -2.26. The Morgan fingerprint density at radius 1 is 1.21 bits per heavy atom. The van der Waals surface area contributed by atoms with Crippen LogP contribution in [0.1, 0.15) is 31.7 Å². The normalized spacial score (nSPS) is 15.7. The van der Waals surface area contributed by atoms with Gasteiger partial charge in [0, 0.05) is 17.7 Å². The van der Waals surface area contributed by atoms with Gasteiger partial charge in [-0.05, 0) is 44.0 Å². The molecular weight excluding hydrogens is 368 g/mol. The number of rotatable bonds is 7. The van der Waals surface area contributed by atoms with Gasteiger partial charge >= 0.3 is 0 Å². The third-order valence-corrected chi connectivity index (χ3v) is 4.97. The van der Waals surface area contributed by atoms with Crippen molar-refractivity contribution in [1.82, 2.24) is 10.2 Å². The van der Waals surface area contributed by atoms with Crippen LogP contribution in [-0.2, 0) is 16.1 Å². The number of guanidine groups is 1. The van der Waals surface area contributed by atoms with E-state index < -0.39 is 0 Å². The standard InChI is InChI=1S/C22H24N4O3/c1-15(7-5-12-20(27)23-16-8-3-2-4-9-16)29-19-11-6-10-18-17(19)13-26-14-21(28)25-22(26)24-18/h2-4,6,8-11,15H,5,7,12-14H2,1H3,(H,23,27)(H,24,25,28). The average Bonchev–Trinajstić information content (AvgIpc) is 3.06. The van der Waals surface area contributed by atoms with Crippen molar-refractivity contribution in [3.8, 4) is 5.75 Å². The maximum atomic E-state index is 12.1. The van der Waals surface area contributed by atoms with Crippen molar-refractivity contribution in [3.63, 3.8) is 0 Å². The van der Waals surface area contributed by atoms with Crippen LogP contribution in [0.4, 0.5) is 11.4 Å². The quantitative estimate of drug-likeness (QED) is 0.758. The number of ether oxygens (including phenoxy) is 1. The fraction of sp³-hybridized carbons (Fsp3) is 0.318. The van der Waals surface area contributed by atoms with Gasteiger partial charge in [0.15, 0.2) is 0 Å². The Labute approximate surface area is 169 Å². The van der Waals surface area contributed by atoms with Crippen molar-refractivity contribution in [2.24, 2.45) is 4.99 Å². The van der Waals surface area contributed by atoms with Crippen LogP contribution in [0, 0.1) is 0 Å². The van der Waals surface area contributed by atoms with E-state index in [1.165, 1.54) is 0 Å². The van der Waals surface area contributed by atoms with Gasteiger partial charge in [-0.15, -0.1) is 0 Å². The van der Waals surface area contributed by atoms with E-state index in [1.807, 2.05) is 60.4 Å². The molecular formula is C22H24N4O3. The molecule has 2 amide bonds. The minimum atomic E-state index is -0.0406. The van der Waals surface area contributed by atoms with E-state index >= 15 is 0 Å². The highest BCUT2D eigenvalue weighted by Crippen LogP contribution is 2.34. The topological polar surface area (TPSA) is 83.0 Å². The summed E-state index contributed by atoms with van der Waals surface area (Å²) < 4.78 is 6.16. The Morgan fingerprint density at radius 2 is 2.03 bits per heavy atom. The molecule has 7 heteroatoms. The number of carbonyl (C=O) groups is 2. The zero-order valence-electron chi connectivity index (χ0n) is 16.4. The first-order valence-corrected chi connectivity index (χ1v) is 9.85. The maximum Gasteiger partial charge on any atom is 0.246 e. The molecule has 1 atom stereocenters. The molecule has 0 aromatic heterocycles. The van der Waals surface area contributed by atoms with Gasteiger partial charge in [0.05, 0.1) is 18.3 Å². The summed E-state index contributed by atoms with van der Waals surface area (Å²) in [6.45, 7) is 2.92. The van der Waals surface area contributed by atoms with E-state index in [0.717, 1.165) is 35.5 Å². The van der Waals surface area contributed by atoms with Crippen LogP contribution in [0.15, 0.2) is 53.5 Å². The molecule has 2 aliphatic heterocycles. The monoisotopic (exact) mass is 392 g/mol. The van der Waals surface area contributed by atoms with Gasteiger partial charge in [-0.3, -0.25) is 14.9 Å². The number of nitrogens with zero attached hydrogens (tertiary/aromatic N) is 2. The Hall–Kier alpha value is -3.35. The zero-order valence-corrected chi connectivity index (χ0v) is 16.4. The molecule has 7 nitrogen and oxygen atoms in total. The predicted molar refractivity (Wildman–Crippen MR) is 111 cm³/mol. The molecule has 2 N–H and O–H groups in total. The van der Waals surface area contributed by atoms with Crippen LogP contribution in [0.25, 0.3) is 0 Å². The Kier molecular flexibility index (Phi) is 5.46. The van der Waals surface area contributed by atoms with Crippen LogP contribution in [0.2, 0.25) is 0 Å². The van der Waals surface area contributed by atoms with Gasteiger partial charge in [0.1, 0.15) is 12.3 Å². The van der Waals surface area contributed by atoms with E-state index in [2.05, 4.69) is 15.6 Å². The number of anilines is 1. The number of carbonyl (C=O) groups excluding carboxylic acids is 2. The summed E-state index contributed by atoms with van der Waals surface area (Å²) in [5.74, 6) is 1.36. The summed E-state index contributed by atoms with van der Waals surface area (Å²) in [6, 6.07) is 15.2. The van der Waals surface area contributed by atoms with Crippen molar-refractivity contribution < 1.29 is 14.3 Å². The van der Waals surface area contributed by atoms with Crippen molar-refractivity contribution >= 4 is 29.1 Å². The first-order chi connectivity index (χ1) is 14.1. The largest absolute Gasteiger partial charge is 0.490 e. The average molecular weight is 392 g/mol. The molecule has 1 fully saturated rings. The van der Waals surface area contributed by atoms with Crippen LogP contribution >= 0.6 is 0 Å². The number of para-hydroxylation sites is 1. The molecule has 29 heavy (non-hydrogen) atoms. The summed E-state index contributed by atoms with van der Waals surface area (Å²) in [4.78, 5) is 30.1. The molecule has 1 saturated heterocycles. The number of hydrogen-bond donors (Lipinski definition) is 2. The molecule has 0 bridgehead atoms. The summed E-state index contributed by atoms with van der Waals surface area (Å²) in [7, 11) is 0. The number of aliphatic imine (C=N–C) groups is 1. The van der Waals surface area contributed by atoms with Crippen LogP contribution in [-0.4, -0.2) is 35.3 Å². The van der Waals surface area contributed by atoms with Gasteiger partial charge in [0.2, 0.25) is 17.8 Å². The molecule has 150 valence electrons. The first kappa shape index (κ1) is 19.0. The third-order valence-electron chi connectivity index (χ3n) is 4.97. The van der Waals surface area contributed by atoms with E-state index in [9.17, 15) is 9.59 Å². The molecule has 2 aliphatic rings. The molecule has 0 spiro atoms. The molecule has 2 heterocycles. The van der Waals surface area contributed by atoms with Gasteiger partial charge < -0.3 is 15.0 Å². The van der Waals surface area contributed by atoms with Gasteiger partial charge in [-0.25, -0.2) is 4.99 Å². The van der Waals surface area contributed by atoms with Gasteiger partial charge in [-0.2, -0.15) is 0 Å². The first-order valence-electron chi connectivity index (χ1n) is 9.85. The summed E-state index contributed by atoms with van der Waals surface area (Å²) >= 11 is 0. The molecule has 2 aromatic carbocycles. The fourth-order valence-electron chi connectivity index (χ4n) is 3.52. The number of fused-ring (bicyclic) bond motifs is 2. The molecule has 0 aliphatic carbocycles. The molecule has 4 rings (SSSR count). The van der Waals surface area contributed by atoms with Crippen molar-refractivity contribution in [3.05, 3.63) is 54.1 Å². The summed E-state index contributed by atoms with van der Waals surface area (Å²) in [6.07, 6.45) is 1.92. The van der Waals surface area contributed by atoms with E-state index in [4.69, 9.17) is 4.74 Å². The lowest BCUT2D eigenvalue weighted by Crippen LogP contribution is -2.32. The predicted octanol–water partition coefficient (Wildman–Crippen LogP) is 3.20. The minimum absolute atomic E-state index is 0.00792. The number of nitrogens with one attached hydrogen (secondary N) is 2. The highest BCUT2D eigenvalue weighted by atomic mass is 16.5. The number of benzene rings is 2. The van der Waals surface area contributed by atoms with Crippen LogP contribution < -0.4 is 15.4 Å². The molecule has 2 aromatic rings. The Morgan fingerprint density at radius 3 is 2.86 bits per heavy atom. The summed E-state index contributed by atoms with van der Waals surface area (Å²) in [5.41, 5.74) is 2.62. The van der Waals surface area contributed by atoms with Crippen LogP contribution in [0.3, 0.4) is 0 Å². The SMILES string of the molecule is CC(CCCC(=O)Nc1ccccc1)Oc1cccc2c1CN1CC(=O)NC1=N2. The summed E-state index contributed by atoms with van der Waals surface area (Å²) in [5, 5.41) is 5.67. The minimum Gasteiger partial charge on any atom is -0.490 e. The number of hydrogen-bond acceptors (Lipinski definition) is 5. The second-order valence-corrected chi connectivity index (χ2v) is 7.33. The smallest absolute Gasteiger partial charge is 0.246 e. The van der Waals surface area contributed by atoms with Gasteiger partial charge in [-0.1, -0.05) is 24.3 Å².